The number of fused-ring (bicyclic) bond motifs is 1. The largest absolute Gasteiger partial charge is 0.459 e. The quantitative estimate of drug-likeness (QED) is 0.924. The van der Waals surface area contributed by atoms with Crippen molar-refractivity contribution in [2.24, 2.45) is 5.92 Å². The Morgan fingerprint density at radius 1 is 1.29 bits per heavy atom. The summed E-state index contributed by atoms with van der Waals surface area (Å²) in [5, 5.41) is 4.68. The maximum absolute atomic E-state index is 6.09. The van der Waals surface area contributed by atoms with E-state index in [0.29, 0.717) is 12.0 Å². The Kier molecular flexibility index (Phi) is 3.27. The van der Waals surface area contributed by atoms with Crippen LogP contribution in [0.5, 0.6) is 0 Å². The normalized spacial score (nSPS) is 25.9. The second-order valence-electron chi connectivity index (χ2n) is 6.59. The second-order valence-corrected chi connectivity index (χ2v) is 6.59. The van der Waals surface area contributed by atoms with Crippen molar-refractivity contribution in [1.29, 1.82) is 0 Å². The Bertz CT molecular complexity index is 596. The molecule has 1 saturated carbocycles. The van der Waals surface area contributed by atoms with Crippen molar-refractivity contribution in [2.45, 2.75) is 43.7 Å². The van der Waals surface area contributed by atoms with Gasteiger partial charge in [0.25, 0.3) is 0 Å². The number of hydrogen-bond donors (Lipinski definition) is 1. The van der Waals surface area contributed by atoms with Crippen LogP contribution in [-0.4, -0.2) is 19.3 Å². The van der Waals surface area contributed by atoms with E-state index in [2.05, 4.69) is 23.5 Å². The fraction of sp³-hybridized carbons (Fsp3) is 0.556. The highest BCUT2D eigenvalue weighted by molar-refractivity contribution is 5.77. The number of rotatable bonds is 3. The number of para-hydroxylation sites is 1. The standard InChI is InChI=1S/C18H23NO2/c1-19-17(14-7-10-20-18(12-14)8-4-9-18)16-11-13-5-2-3-6-15(13)21-16/h2-3,5-6,11,14,17,19H,4,7-10,12H2,1H3. The van der Waals surface area contributed by atoms with Crippen molar-refractivity contribution in [3.05, 3.63) is 36.1 Å². The van der Waals surface area contributed by atoms with E-state index in [-0.39, 0.29) is 5.60 Å². The van der Waals surface area contributed by atoms with Crippen molar-refractivity contribution in [3.63, 3.8) is 0 Å². The van der Waals surface area contributed by atoms with Gasteiger partial charge in [-0.05, 0) is 57.2 Å². The van der Waals surface area contributed by atoms with Crippen molar-refractivity contribution < 1.29 is 9.15 Å². The molecule has 2 heterocycles. The molecule has 0 amide bonds. The molecule has 1 aliphatic carbocycles. The molecule has 1 aliphatic heterocycles. The summed E-state index contributed by atoms with van der Waals surface area (Å²) in [4.78, 5) is 0. The van der Waals surface area contributed by atoms with Crippen LogP contribution in [0.3, 0.4) is 0 Å². The van der Waals surface area contributed by atoms with Crippen LogP contribution >= 0.6 is 0 Å². The summed E-state index contributed by atoms with van der Waals surface area (Å²) in [6.45, 7) is 0.892. The lowest BCUT2D eigenvalue weighted by Crippen LogP contribution is -2.47. The molecule has 3 nitrogen and oxygen atoms in total. The molecule has 21 heavy (non-hydrogen) atoms. The van der Waals surface area contributed by atoms with E-state index in [9.17, 15) is 0 Å². The van der Waals surface area contributed by atoms with Crippen LogP contribution < -0.4 is 5.32 Å². The van der Waals surface area contributed by atoms with Gasteiger partial charge in [0, 0.05) is 12.0 Å². The average molecular weight is 285 g/mol. The van der Waals surface area contributed by atoms with E-state index < -0.39 is 0 Å². The third-order valence-corrected chi connectivity index (χ3v) is 5.33. The number of furan rings is 1. The van der Waals surface area contributed by atoms with Gasteiger partial charge in [-0.15, -0.1) is 0 Å². The minimum absolute atomic E-state index is 0.185. The third-order valence-electron chi connectivity index (χ3n) is 5.33. The molecule has 1 saturated heterocycles. The number of hydrogen-bond acceptors (Lipinski definition) is 3. The maximum Gasteiger partial charge on any atom is 0.134 e. The minimum atomic E-state index is 0.185. The van der Waals surface area contributed by atoms with Crippen molar-refractivity contribution in [2.75, 3.05) is 13.7 Å². The number of nitrogens with one attached hydrogen (secondary N) is 1. The first-order valence-electron chi connectivity index (χ1n) is 8.09. The second kappa shape index (κ2) is 5.15. The van der Waals surface area contributed by atoms with Crippen LogP contribution in [0.25, 0.3) is 11.0 Å². The predicted octanol–water partition coefficient (Wildman–Crippen LogP) is 4.04. The third kappa shape index (κ3) is 2.29. The topological polar surface area (TPSA) is 34.4 Å². The van der Waals surface area contributed by atoms with Crippen LogP contribution in [-0.2, 0) is 4.74 Å². The Hall–Kier alpha value is -1.32. The molecule has 2 unspecified atom stereocenters. The zero-order valence-corrected chi connectivity index (χ0v) is 12.6. The Morgan fingerprint density at radius 2 is 2.14 bits per heavy atom. The summed E-state index contributed by atoms with van der Waals surface area (Å²) < 4.78 is 12.2. The van der Waals surface area contributed by atoms with E-state index in [4.69, 9.17) is 9.15 Å². The fourth-order valence-electron chi connectivity index (χ4n) is 4.04. The SMILES string of the molecule is CNC(c1cc2ccccc2o1)C1CCOC2(CCC2)C1. The highest BCUT2D eigenvalue weighted by atomic mass is 16.5. The van der Waals surface area contributed by atoms with Gasteiger partial charge in [-0.3, -0.25) is 0 Å². The van der Waals surface area contributed by atoms with E-state index in [1.807, 2.05) is 19.2 Å². The van der Waals surface area contributed by atoms with Crippen molar-refractivity contribution in [3.8, 4) is 0 Å². The summed E-state index contributed by atoms with van der Waals surface area (Å²) in [7, 11) is 2.04. The predicted molar refractivity (Wildman–Crippen MR) is 83.3 cm³/mol. The average Bonchev–Trinajstić information content (AvgIpc) is 2.90. The van der Waals surface area contributed by atoms with E-state index in [1.165, 1.54) is 24.6 Å². The molecular formula is C18H23NO2. The molecule has 2 fully saturated rings. The Morgan fingerprint density at radius 3 is 2.86 bits per heavy atom. The fourth-order valence-corrected chi connectivity index (χ4v) is 4.04. The summed E-state index contributed by atoms with van der Waals surface area (Å²) in [6, 6.07) is 10.7. The molecule has 1 aromatic heterocycles. The van der Waals surface area contributed by atoms with E-state index in [1.54, 1.807) is 0 Å². The first kappa shape index (κ1) is 13.4. The van der Waals surface area contributed by atoms with Gasteiger partial charge in [0.2, 0.25) is 0 Å². The molecule has 2 atom stereocenters. The molecule has 1 aromatic carbocycles. The van der Waals surface area contributed by atoms with Gasteiger partial charge in [0.1, 0.15) is 11.3 Å². The van der Waals surface area contributed by atoms with Crippen LogP contribution in [0, 0.1) is 5.92 Å². The zero-order valence-electron chi connectivity index (χ0n) is 12.6. The van der Waals surface area contributed by atoms with Crippen LogP contribution in [0.1, 0.15) is 43.9 Å². The summed E-state index contributed by atoms with van der Waals surface area (Å²) in [5.74, 6) is 1.67. The molecule has 2 aromatic rings. The molecule has 0 bridgehead atoms. The molecule has 112 valence electrons. The smallest absolute Gasteiger partial charge is 0.134 e. The summed E-state index contributed by atoms with van der Waals surface area (Å²) >= 11 is 0. The van der Waals surface area contributed by atoms with Crippen molar-refractivity contribution in [1.82, 2.24) is 5.32 Å². The van der Waals surface area contributed by atoms with Gasteiger partial charge < -0.3 is 14.5 Å². The molecule has 4 rings (SSSR count). The minimum Gasteiger partial charge on any atom is -0.459 e. The molecule has 1 spiro atoms. The van der Waals surface area contributed by atoms with Gasteiger partial charge in [-0.2, -0.15) is 0 Å². The number of ether oxygens (including phenoxy) is 1. The molecule has 3 heteroatoms. The summed E-state index contributed by atoms with van der Waals surface area (Å²) in [5.41, 5.74) is 1.17. The van der Waals surface area contributed by atoms with Gasteiger partial charge in [0.15, 0.2) is 0 Å². The highest BCUT2D eigenvalue weighted by Gasteiger charge is 2.44. The van der Waals surface area contributed by atoms with Crippen molar-refractivity contribution >= 4 is 11.0 Å². The van der Waals surface area contributed by atoms with Crippen LogP contribution in [0.4, 0.5) is 0 Å². The molecule has 0 radical (unpaired) electrons. The monoisotopic (exact) mass is 285 g/mol. The van der Waals surface area contributed by atoms with Crippen LogP contribution in [0.15, 0.2) is 34.7 Å². The van der Waals surface area contributed by atoms with Gasteiger partial charge in [-0.25, -0.2) is 0 Å². The molecule has 1 N–H and O–H groups in total. The maximum atomic E-state index is 6.09. The Labute approximate surface area is 125 Å². The van der Waals surface area contributed by atoms with E-state index >= 15 is 0 Å². The van der Waals surface area contributed by atoms with Gasteiger partial charge in [0.05, 0.1) is 11.6 Å². The Balaban J connectivity index is 1.61. The first-order valence-corrected chi connectivity index (χ1v) is 8.09. The highest BCUT2D eigenvalue weighted by Crippen LogP contribution is 2.47. The van der Waals surface area contributed by atoms with Crippen LogP contribution in [0.2, 0.25) is 0 Å². The van der Waals surface area contributed by atoms with Gasteiger partial charge >= 0.3 is 0 Å². The first-order chi connectivity index (χ1) is 10.3. The summed E-state index contributed by atoms with van der Waals surface area (Å²) in [6.07, 6.45) is 6.07. The molecular weight excluding hydrogens is 262 g/mol. The zero-order chi connectivity index (χ0) is 14.3. The molecule has 2 aliphatic rings. The lowest BCUT2D eigenvalue weighted by Gasteiger charge is -2.48. The lowest BCUT2D eigenvalue weighted by molar-refractivity contribution is -0.147. The van der Waals surface area contributed by atoms with E-state index in [0.717, 1.165) is 30.8 Å². The number of benzene rings is 1. The lowest BCUT2D eigenvalue weighted by atomic mass is 9.70. The van der Waals surface area contributed by atoms with Gasteiger partial charge in [-0.1, -0.05) is 18.2 Å².